The molecule has 0 fully saturated rings. The molecule has 1 heterocycles. The van der Waals surface area contributed by atoms with Gasteiger partial charge in [0.1, 0.15) is 5.82 Å². The minimum absolute atomic E-state index is 0.212. The van der Waals surface area contributed by atoms with Crippen LogP contribution < -0.4 is 5.73 Å². The molecule has 1 aromatic carbocycles. The van der Waals surface area contributed by atoms with Gasteiger partial charge in [-0.1, -0.05) is 18.2 Å². The Balaban J connectivity index is 2.13. The lowest BCUT2D eigenvalue weighted by atomic mass is 10.0. The van der Waals surface area contributed by atoms with Crippen LogP contribution in [0.5, 0.6) is 0 Å². The third-order valence-corrected chi connectivity index (χ3v) is 2.37. The van der Waals surface area contributed by atoms with E-state index in [-0.39, 0.29) is 11.9 Å². The first-order valence-corrected chi connectivity index (χ1v) is 4.78. The van der Waals surface area contributed by atoms with E-state index in [2.05, 4.69) is 0 Å². The summed E-state index contributed by atoms with van der Waals surface area (Å²) < 4.78 is 18.2. The molecule has 2 aromatic rings. The summed E-state index contributed by atoms with van der Waals surface area (Å²) in [5.41, 5.74) is 7.43. The minimum Gasteiger partial charge on any atom is -0.472 e. The van der Waals surface area contributed by atoms with Gasteiger partial charge in [-0.05, 0) is 24.1 Å². The van der Waals surface area contributed by atoms with Gasteiger partial charge < -0.3 is 10.2 Å². The van der Waals surface area contributed by atoms with Crippen LogP contribution >= 0.6 is 0 Å². The van der Waals surface area contributed by atoms with Crippen LogP contribution in [0.25, 0.3) is 0 Å². The fraction of sp³-hybridized carbons (Fsp3) is 0.167. The predicted molar refractivity (Wildman–Crippen MR) is 55.7 cm³/mol. The fourth-order valence-electron chi connectivity index (χ4n) is 1.50. The molecule has 0 aliphatic carbocycles. The molecule has 0 saturated carbocycles. The molecule has 0 amide bonds. The molecule has 78 valence electrons. The highest BCUT2D eigenvalue weighted by Gasteiger charge is 2.10. The van der Waals surface area contributed by atoms with Gasteiger partial charge in [0, 0.05) is 11.6 Å². The standard InChI is InChI=1S/C12H12FNO/c13-11-4-2-1-3-9(11)7-12(14)10-5-6-15-8-10/h1-6,8,12H,7,14H2. The predicted octanol–water partition coefficient (Wildman–Crippen LogP) is 2.66. The Hall–Kier alpha value is -1.61. The normalized spacial score (nSPS) is 12.7. The molecule has 2 N–H and O–H groups in total. The molecule has 1 aromatic heterocycles. The SMILES string of the molecule is NC(Cc1ccccc1F)c1ccoc1. The van der Waals surface area contributed by atoms with E-state index in [0.29, 0.717) is 12.0 Å². The Morgan fingerprint density at radius 1 is 1.27 bits per heavy atom. The van der Waals surface area contributed by atoms with E-state index in [1.807, 2.05) is 0 Å². The van der Waals surface area contributed by atoms with Crippen molar-refractivity contribution < 1.29 is 8.81 Å². The summed E-state index contributed by atoms with van der Waals surface area (Å²) in [7, 11) is 0. The summed E-state index contributed by atoms with van der Waals surface area (Å²) in [4.78, 5) is 0. The maximum absolute atomic E-state index is 13.3. The van der Waals surface area contributed by atoms with E-state index in [1.54, 1.807) is 36.8 Å². The second kappa shape index (κ2) is 4.28. The van der Waals surface area contributed by atoms with Gasteiger partial charge in [0.05, 0.1) is 12.5 Å². The zero-order chi connectivity index (χ0) is 10.7. The first-order valence-electron chi connectivity index (χ1n) is 4.78. The summed E-state index contributed by atoms with van der Waals surface area (Å²) >= 11 is 0. The Morgan fingerprint density at radius 2 is 2.07 bits per heavy atom. The number of furan rings is 1. The lowest BCUT2D eigenvalue weighted by Gasteiger charge is -2.09. The number of benzene rings is 1. The monoisotopic (exact) mass is 205 g/mol. The Labute approximate surface area is 87.5 Å². The second-order valence-electron chi connectivity index (χ2n) is 3.46. The summed E-state index contributed by atoms with van der Waals surface area (Å²) in [5.74, 6) is -0.212. The van der Waals surface area contributed by atoms with Gasteiger partial charge in [-0.15, -0.1) is 0 Å². The first-order chi connectivity index (χ1) is 7.27. The molecule has 0 radical (unpaired) electrons. The van der Waals surface area contributed by atoms with Crippen molar-refractivity contribution in [1.29, 1.82) is 0 Å². The van der Waals surface area contributed by atoms with Crippen LogP contribution in [0.2, 0.25) is 0 Å². The molecule has 2 nitrogen and oxygen atoms in total. The number of hydrogen-bond acceptors (Lipinski definition) is 2. The number of nitrogens with two attached hydrogens (primary N) is 1. The van der Waals surface area contributed by atoms with E-state index in [4.69, 9.17) is 10.2 Å². The Kier molecular flexibility index (Phi) is 2.83. The topological polar surface area (TPSA) is 39.2 Å². The molecule has 0 aliphatic heterocycles. The van der Waals surface area contributed by atoms with Crippen molar-refractivity contribution in [2.24, 2.45) is 5.73 Å². The third kappa shape index (κ3) is 2.25. The zero-order valence-corrected chi connectivity index (χ0v) is 8.19. The molecule has 0 bridgehead atoms. The Morgan fingerprint density at radius 3 is 2.73 bits per heavy atom. The highest BCUT2D eigenvalue weighted by atomic mass is 19.1. The molecular formula is C12H12FNO. The highest BCUT2D eigenvalue weighted by molar-refractivity contribution is 5.21. The van der Waals surface area contributed by atoms with Crippen LogP contribution in [-0.4, -0.2) is 0 Å². The van der Waals surface area contributed by atoms with Gasteiger partial charge in [-0.2, -0.15) is 0 Å². The van der Waals surface area contributed by atoms with Gasteiger partial charge in [-0.3, -0.25) is 0 Å². The number of rotatable bonds is 3. The fourth-order valence-corrected chi connectivity index (χ4v) is 1.50. The minimum atomic E-state index is -0.222. The van der Waals surface area contributed by atoms with Crippen molar-refractivity contribution in [3.05, 3.63) is 59.8 Å². The molecule has 3 heteroatoms. The molecule has 0 saturated heterocycles. The lowest BCUT2D eigenvalue weighted by molar-refractivity contribution is 0.555. The van der Waals surface area contributed by atoms with Gasteiger partial charge in [0.25, 0.3) is 0 Å². The number of halogens is 1. The smallest absolute Gasteiger partial charge is 0.126 e. The summed E-state index contributed by atoms with van der Waals surface area (Å²) in [6.07, 6.45) is 3.63. The quantitative estimate of drug-likeness (QED) is 0.836. The maximum Gasteiger partial charge on any atom is 0.126 e. The first kappa shape index (κ1) is 9.93. The summed E-state index contributed by atoms with van der Waals surface area (Å²) in [6.45, 7) is 0. The number of hydrogen-bond donors (Lipinski definition) is 1. The van der Waals surface area contributed by atoms with Crippen molar-refractivity contribution in [1.82, 2.24) is 0 Å². The van der Waals surface area contributed by atoms with E-state index in [0.717, 1.165) is 5.56 Å². The van der Waals surface area contributed by atoms with Crippen LogP contribution in [0.1, 0.15) is 17.2 Å². The van der Waals surface area contributed by atoms with Gasteiger partial charge in [0.15, 0.2) is 0 Å². The van der Waals surface area contributed by atoms with Crippen LogP contribution in [-0.2, 0) is 6.42 Å². The third-order valence-electron chi connectivity index (χ3n) is 2.37. The van der Waals surface area contributed by atoms with E-state index in [9.17, 15) is 4.39 Å². The van der Waals surface area contributed by atoms with Crippen molar-refractivity contribution in [3.63, 3.8) is 0 Å². The van der Waals surface area contributed by atoms with E-state index < -0.39 is 0 Å². The molecule has 15 heavy (non-hydrogen) atoms. The van der Waals surface area contributed by atoms with Crippen LogP contribution in [0, 0.1) is 5.82 Å². The largest absolute Gasteiger partial charge is 0.472 e. The van der Waals surface area contributed by atoms with Crippen molar-refractivity contribution >= 4 is 0 Å². The van der Waals surface area contributed by atoms with Crippen molar-refractivity contribution in [2.45, 2.75) is 12.5 Å². The highest BCUT2D eigenvalue weighted by Crippen LogP contribution is 2.18. The average molecular weight is 205 g/mol. The van der Waals surface area contributed by atoms with E-state index in [1.165, 1.54) is 6.07 Å². The van der Waals surface area contributed by atoms with Crippen LogP contribution in [0.15, 0.2) is 47.3 Å². The van der Waals surface area contributed by atoms with Gasteiger partial charge in [-0.25, -0.2) is 4.39 Å². The molecule has 0 spiro atoms. The maximum atomic E-state index is 13.3. The van der Waals surface area contributed by atoms with E-state index >= 15 is 0 Å². The molecule has 1 atom stereocenters. The zero-order valence-electron chi connectivity index (χ0n) is 8.19. The molecule has 0 aliphatic rings. The van der Waals surface area contributed by atoms with Gasteiger partial charge in [0.2, 0.25) is 0 Å². The lowest BCUT2D eigenvalue weighted by Crippen LogP contribution is -2.13. The molecular weight excluding hydrogens is 193 g/mol. The summed E-state index contributed by atoms with van der Waals surface area (Å²) in [5, 5.41) is 0. The van der Waals surface area contributed by atoms with Gasteiger partial charge >= 0.3 is 0 Å². The molecule has 2 rings (SSSR count). The second-order valence-corrected chi connectivity index (χ2v) is 3.46. The van der Waals surface area contributed by atoms with Crippen molar-refractivity contribution in [3.8, 4) is 0 Å². The average Bonchev–Trinajstić information content (AvgIpc) is 2.74. The van der Waals surface area contributed by atoms with Crippen molar-refractivity contribution in [2.75, 3.05) is 0 Å². The van der Waals surface area contributed by atoms with Crippen LogP contribution in [0.3, 0.4) is 0 Å². The molecule has 1 unspecified atom stereocenters. The summed E-state index contributed by atoms with van der Waals surface area (Å²) in [6, 6.07) is 8.24. The van der Waals surface area contributed by atoms with Crippen LogP contribution in [0.4, 0.5) is 4.39 Å². The Bertz CT molecular complexity index is 425.